The Morgan fingerprint density at radius 3 is 2.52 bits per heavy atom. The zero-order valence-electron chi connectivity index (χ0n) is 13.3. The lowest BCUT2D eigenvalue weighted by Gasteiger charge is -2.32. The van der Waals surface area contributed by atoms with Crippen molar-refractivity contribution in [3.05, 3.63) is 35.4 Å². The highest BCUT2D eigenvalue weighted by Gasteiger charge is 2.29. The molecule has 0 bridgehead atoms. The summed E-state index contributed by atoms with van der Waals surface area (Å²) in [5.74, 6) is 0. The van der Waals surface area contributed by atoms with Gasteiger partial charge in [-0.3, -0.25) is 0 Å². The minimum absolute atomic E-state index is 0.00671. The molecular weight excluding hydrogens is 266 g/mol. The van der Waals surface area contributed by atoms with E-state index in [1.54, 1.807) is 0 Å². The molecule has 0 spiro atoms. The molecule has 1 aliphatic rings. The minimum Gasteiger partial charge on any atom is -0.444 e. The van der Waals surface area contributed by atoms with E-state index in [1.807, 2.05) is 39.8 Å². The number of carbonyl (C=O) groups excluding carboxylic acids is 1. The summed E-state index contributed by atoms with van der Waals surface area (Å²) >= 11 is 0. The molecule has 0 aromatic heterocycles. The number of alkyl carbamates (subject to hydrolysis) is 1. The van der Waals surface area contributed by atoms with Crippen molar-refractivity contribution < 1.29 is 14.3 Å². The Morgan fingerprint density at radius 1 is 1.24 bits per heavy atom. The fourth-order valence-corrected chi connectivity index (χ4v) is 2.72. The maximum Gasteiger partial charge on any atom is 0.408 e. The summed E-state index contributed by atoms with van der Waals surface area (Å²) in [6.07, 6.45) is 1.53. The fourth-order valence-electron chi connectivity index (χ4n) is 2.72. The van der Waals surface area contributed by atoms with Crippen LogP contribution in [0.3, 0.4) is 0 Å². The van der Waals surface area contributed by atoms with Crippen molar-refractivity contribution in [2.75, 3.05) is 6.61 Å². The van der Waals surface area contributed by atoms with Gasteiger partial charge in [0.1, 0.15) is 5.60 Å². The molecule has 21 heavy (non-hydrogen) atoms. The molecule has 0 radical (unpaired) electrons. The van der Waals surface area contributed by atoms with Crippen molar-refractivity contribution in [1.82, 2.24) is 5.32 Å². The molecule has 1 aromatic rings. The molecule has 1 N–H and O–H groups in total. The van der Waals surface area contributed by atoms with Gasteiger partial charge in [-0.25, -0.2) is 4.79 Å². The molecule has 0 aliphatic heterocycles. The number of amides is 1. The second-order valence-electron chi connectivity index (χ2n) is 6.35. The van der Waals surface area contributed by atoms with E-state index in [0.717, 1.165) is 18.4 Å². The first-order valence-corrected chi connectivity index (χ1v) is 7.60. The summed E-state index contributed by atoms with van der Waals surface area (Å²) < 4.78 is 11.1. The maximum absolute atomic E-state index is 12.0. The first-order chi connectivity index (χ1) is 9.90. The van der Waals surface area contributed by atoms with Crippen LogP contribution in [0.15, 0.2) is 24.3 Å². The second kappa shape index (κ2) is 6.48. The molecule has 1 aliphatic carbocycles. The third kappa shape index (κ3) is 4.21. The molecule has 0 heterocycles. The molecular formula is C17H25NO3. The highest BCUT2D eigenvalue weighted by Crippen LogP contribution is 2.38. The molecule has 2 atom stereocenters. The fraction of sp³-hybridized carbons (Fsp3) is 0.588. The Morgan fingerprint density at radius 2 is 1.90 bits per heavy atom. The summed E-state index contributed by atoms with van der Waals surface area (Å²) in [6, 6.07) is 8.14. The number of hydrogen-bond acceptors (Lipinski definition) is 3. The molecule has 0 saturated carbocycles. The largest absolute Gasteiger partial charge is 0.444 e. The minimum atomic E-state index is -0.480. The quantitative estimate of drug-likeness (QED) is 0.911. The van der Waals surface area contributed by atoms with Crippen molar-refractivity contribution in [2.24, 2.45) is 0 Å². The van der Waals surface area contributed by atoms with Crippen molar-refractivity contribution in [3.8, 4) is 0 Å². The molecule has 0 unspecified atom stereocenters. The third-order valence-electron chi connectivity index (χ3n) is 3.49. The third-order valence-corrected chi connectivity index (χ3v) is 3.49. The van der Waals surface area contributed by atoms with E-state index in [-0.39, 0.29) is 18.2 Å². The number of rotatable bonds is 3. The van der Waals surface area contributed by atoms with Gasteiger partial charge in [0.05, 0.1) is 12.1 Å². The summed E-state index contributed by atoms with van der Waals surface area (Å²) in [6.45, 7) is 8.31. The van der Waals surface area contributed by atoms with Crippen LogP contribution in [0, 0.1) is 0 Å². The van der Waals surface area contributed by atoms with Crippen molar-refractivity contribution in [2.45, 2.75) is 58.3 Å². The van der Waals surface area contributed by atoms with E-state index in [4.69, 9.17) is 9.47 Å². The zero-order chi connectivity index (χ0) is 15.5. The van der Waals surface area contributed by atoms with Gasteiger partial charge in [0.25, 0.3) is 0 Å². The Kier molecular flexibility index (Phi) is 4.88. The molecule has 4 heteroatoms. The molecule has 4 nitrogen and oxygen atoms in total. The Balaban J connectivity index is 2.12. The van der Waals surface area contributed by atoms with Crippen LogP contribution in [0.4, 0.5) is 4.79 Å². The van der Waals surface area contributed by atoms with Crippen molar-refractivity contribution in [1.29, 1.82) is 0 Å². The summed E-state index contributed by atoms with van der Waals surface area (Å²) in [4.78, 5) is 12.0. The summed E-state index contributed by atoms with van der Waals surface area (Å²) in [7, 11) is 0. The van der Waals surface area contributed by atoms with E-state index in [1.165, 1.54) is 5.56 Å². The van der Waals surface area contributed by atoms with Gasteiger partial charge in [-0.2, -0.15) is 0 Å². The van der Waals surface area contributed by atoms with Crippen molar-refractivity contribution in [3.63, 3.8) is 0 Å². The highest BCUT2D eigenvalue weighted by atomic mass is 16.6. The predicted molar refractivity (Wildman–Crippen MR) is 82.2 cm³/mol. The maximum atomic E-state index is 12.0. The van der Waals surface area contributed by atoms with E-state index in [9.17, 15) is 4.79 Å². The SMILES string of the molecule is CCO[C@@H]1CC[C@H](NC(=O)OC(C)(C)C)c2ccccc21. The molecule has 116 valence electrons. The Bertz CT molecular complexity index is 493. The van der Waals surface area contributed by atoms with Crippen LogP contribution in [-0.4, -0.2) is 18.3 Å². The van der Waals surface area contributed by atoms with E-state index in [2.05, 4.69) is 17.4 Å². The van der Waals surface area contributed by atoms with Crippen LogP contribution in [0.2, 0.25) is 0 Å². The van der Waals surface area contributed by atoms with E-state index in [0.29, 0.717) is 6.61 Å². The van der Waals surface area contributed by atoms with Gasteiger partial charge >= 0.3 is 6.09 Å². The number of benzene rings is 1. The van der Waals surface area contributed by atoms with Crippen LogP contribution >= 0.6 is 0 Å². The number of carbonyl (C=O) groups is 1. The second-order valence-corrected chi connectivity index (χ2v) is 6.35. The lowest BCUT2D eigenvalue weighted by Crippen LogP contribution is -2.36. The Hall–Kier alpha value is -1.55. The predicted octanol–water partition coefficient (Wildman–Crippen LogP) is 4.12. The van der Waals surface area contributed by atoms with Crippen molar-refractivity contribution >= 4 is 6.09 Å². The first-order valence-electron chi connectivity index (χ1n) is 7.60. The molecule has 1 amide bonds. The van der Waals surface area contributed by atoms with Gasteiger partial charge in [-0.1, -0.05) is 24.3 Å². The van der Waals surface area contributed by atoms with Gasteiger partial charge in [-0.15, -0.1) is 0 Å². The van der Waals surface area contributed by atoms with Crippen LogP contribution in [0.25, 0.3) is 0 Å². The smallest absolute Gasteiger partial charge is 0.408 e. The van der Waals surface area contributed by atoms with Gasteiger partial charge in [0.2, 0.25) is 0 Å². The standard InChI is InChI=1S/C17H25NO3/c1-5-20-15-11-10-14(12-8-6-7-9-13(12)15)18-16(19)21-17(2,3)4/h6-9,14-15H,5,10-11H2,1-4H3,(H,18,19)/t14-,15+/m0/s1. The average Bonchev–Trinajstić information content (AvgIpc) is 2.40. The molecule has 1 aromatic carbocycles. The van der Waals surface area contributed by atoms with E-state index >= 15 is 0 Å². The van der Waals surface area contributed by atoms with Crippen LogP contribution in [-0.2, 0) is 9.47 Å². The van der Waals surface area contributed by atoms with Gasteiger partial charge < -0.3 is 14.8 Å². The number of nitrogens with one attached hydrogen (secondary N) is 1. The van der Waals surface area contributed by atoms with Gasteiger partial charge in [0.15, 0.2) is 0 Å². The normalized spacial score (nSPS) is 21.5. The topological polar surface area (TPSA) is 47.6 Å². The lowest BCUT2D eigenvalue weighted by atomic mass is 9.85. The molecule has 0 saturated heterocycles. The van der Waals surface area contributed by atoms with Gasteiger partial charge in [0, 0.05) is 6.61 Å². The number of hydrogen-bond donors (Lipinski definition) is 1. The summed E-state index contributed by atoms with van der Waals surface area (Å²) in [5, 5.41) is 2.98. The Labute approximate surface area is 126 Å². The number of ether oxygens (including phenoxy) is 2. The van der Waals surface area contributed by atoms with E-state index < -0.39 is 5.60 Å². The van der Waals surface area contributed by atoms with Crippen LogP contribution in [0.1, 0.15) is 63.8 Å². The molecule has 2 rings (SSSR count). The lowest BCUT2D eigenvalue weighted by molar-refractivity contribution is 0.0373. The first kappa shape index (κ1) is 15.8. The molecule has 0 fully saturated rings. The highest BCUT2D eigenvalue weighted by molar-refractivity contribution is 5.68. The van der Waals surface area contributed by atoms with Crippen LogP contribution < -0.4 is 5.32 Å². The van der Waals surface area contributed by atoms with Crippen LogP contribution in [0.5, 0.6) is 0 Å². The monoisotopic (exact) mass is 291 g/mol. The van der Waals surface area contributed by atoms with Gasteiger partial charge in [-0.05, 0) is 51.7 Å². The average molecular weight is 291 g/mol. The zero-order valence-corrected chi connectivity index (χ0v) is 13.3. The summed E-state index contributed by atoms with van der Waals surface area (Å²) in [5.41, 5.74) is 1.83. The number of fused-ring (bicyclic) bond motifs is 1.